The molecule has 0 bridgehead atoms. The van der Waals surface area contributed by atoms with E-state index in [-0.39, 0.29) is 0 Å². The van der Waals surface area contributed by atoms with E-state index >= 15 is 0 Å². The van der Waals surface area contributed by atoms with Crippen molar-refractivity contribution in [2.45, 2.75) is 19.6 Å². The van der Waals surface area contributed by atoms with Gasteiger partial charge < -0.3 is 5.32 Å². The highest BCUT2D eigenvalue weighted by atomic mass is 35.5. The Bertz CT molecular complexity index is 1050. The molecule has 4 aromatic rings. The summed E-state index contributed by atoms with van der Waals surface area (Å²) in [7, 11) is 0. The predicted octanol–water partition coefficient (Wildman–Crippen LogP) is 5.65. The first-order valence-electron chi connectivity index (χ1n) is 8.85. The number of rotatable bonds is 7. The third-order valence-electron chi connectivity index (χ3n) is 4.27. The van der Waals surface area contributed by atoms with Gasteiger partial charge in [0.15, 0.2) is 0 Å². The lowest BCUT2D eigenvalue weighted by atomic mass is 10.1. The highest BCUT2D eigenvalue weighted by Crippen LogP contribution is 2.24. The minimum Gasteiger partial charge on any atom is -0.306 e. The van der Waals surface area contributed by atoms with Crippen molar-refractivity contribution in [1.82, 2.24) is 20.3 Å². The minimum atomic E-state index is 0.487. The standard InChI is InChI=1S/C21H18Cl2N4S/c22-17-9-8-16(19(23)11-17)14-27-25-20(13-24-12-18-7-4-10-28-18)21(26-27)15-5-2-1-3-6-15/h1-11,24H,12-14H2. The number of aromatic nitrogens is 3. The van der Waals surface area contributed by atoms with Crippen LogP contribution >= 0.6 is 34.5 Å². The van der Waals surface area contributed by atoms with Gasteiger partial charge in [0.1, 0.15) is 11.4 Å². The molecular weight excluding hydrogens is 411 g/mol. The Kier molecular flexibility index (Phi) is 6.07. The monoisotopic (exact) mass is 428 g/mol. The summed E-state index contributed by atoms with van der Waals surface area (Å²) in [5, 5.41) is 16.2. The molecule has 0 atom stereocenters. The van der Waals surface area contributed by atoms with E-state index in [0.717, 1.165) is 29.1 Å². The van der Waals surface area contributed by atoms with E-state index in [1.807, 2.05) is 42.5 Å². The molecule has 0 aliphatic heterocycles. The van der Waals surface area contributed by atoms with Crippen molar-refractivity contribution >= 4 is 34.5 Å². The van der Waals surface area contributed by atoms with Crippen LogP contribution in [0.15, 0.2) is 66.0 Å². The maximum absolute atomic E-state index is 6.32. The van der Waals surface area contributed by atoms with Crippen molar-refractivity contribution in [3.8, 4) is 11.3 Å². The molecule has 7 heteroatoms. The highest BCUT2D eigenvalue weighted by Gasteiger charge is 2.14. The second kappa shape index (κ2) is 8.88. The van der Waals surface area contributed by atoms with E-state index in [2.05, 4.69) is 22.8 Å². The fourth-order valence-electron chi connectivity index (χ4n) is 2.91. The molecule has 0 spiro atoms. The van der Waals surface area contributed by atoms with Crippen LogP contribution in [0.4, 0.5) is 0 Å². The first kappa shape index (κ1) is 19.2. The van der Waals surface area contributed by atoms with Gasteiger partial charge in [0.05, 0.1) is 6.54 Å². The molecule has 0 amide bonds. The lowest BCUT2D eigenvalue weighted by molar-refractivity contribution is 0.577. The zero-order chi connectivity index (χ0) is 19.3. The second-order valence-corrected chi connectivity index (χ2v) is 8.19. The zero-order valence-electron chi connectivity index (χ0n) is 15.0. The molecule has 2 aromatic carbocycles. The average molecular weight is 429 g/mol. The molecule has 1 N–H and O–H groups in total. The molecule has 0 radical (unpaired) electrons. The Balaban J connectivity index is 1.58. The molecule has 28 heavy (non-hydrogen) atoms. The first-order chi connectivity index (χ1) is 13.7. The second-order valence-electron chi connectivity index (χ2n) is 6.31. The van der Waals surface area contributed by atoms with Gasteiger partial charge in [-0.15, -0.1) is 11.3 Å². The summed E-state index contributed by atoms with van der Waals surface area (Å²) in [6.07, 6.45) is 0. The molecule has 0 unspecified atom stereocenters. The van der Waals surface area contributed by atoms with Crippen LogP contribution in [0.1, 0.15) is 16.1 Å². The third-order valence-corrected chi connectivity index (χ3v) is 5.73. The van der Waals surface area contributed by atoms with Crippen LogP contribution in [-0.4, -0.2) is 15.0 Å². The molecule has 2 aromatic heterocycles. The summed E-state index contributed by atoms with van der Waals surface area (Å²) < 4.78 is 0. The van der Waals surface area contributed by atoms with Gasteiger partial charge in [-0.05, 0) is 29.1 Å². The largest absolute Gasteiger partial charge is 0.306 e. The molecule has 2 heterocycles. The Morgan fingerprint density at radius 2 is 1.79 bits per heavy atom. The number of nitrogens with one attached hydrogen (secondary N) is 1. The third kappa shape index (κ3) is 4.62. The van der Waals surface area contributed by atoms with Crippen LogP contribution in [0.25, 0.3) is 11.3 Å². The van der Waals surface area contributed by atoms with Gasteiger partial charge in [-0.25, -0.2) is 0 Å². The van der Waals surface area contributed by atoms with Gasteiger partial charge in [-0.2, -0.15) is 15.0 Å². The number of hydrogen-bond donors (Lipinski definition) is 1. The van der Waals surface area contributed by atoms with Gasteiger partial charge in [0.2, 0.25) is 0 Å². The number of thiophene rings is 1. The smallest absolute Gasteiger partial charge is 0.117 e. The van der Waals surface area contributed by atoms with Crippen LogP contribution in [-0.2, 0) is 19.6 Å². The summed E-state index contributed by atoms with van der Waals surface area (Å²) in [5.74, 6) is 0. The van der Waals surface area contributed by atoms with E-state index in [9.17, 15) is 0 Å². The number of benzene rings is 2. The van der Waals surface area contributed by atoms with Gasteiger partial charge in [-0.3, -0.25) is 0 Å². The fourth-order valence-corrected chi connectivity index (χ4v) is 4.05. The normalized spacial score (nSPS) is 11.1. The van der Waals surface area contributed by atoms with Gasteiger partial charge in [0, 0.05) is 33.6 Å². The first-order valence-corrected chi connectivity index (χ1v) is 10.5. The van der Waals surface area contributed by atoms with E-state index in [4.69, 9.17) is 33.4 Å². The van der Waals surface area contributed by atoms with Crippen molar-refractivity contribution in [3.63, 3.8) is 0 Å². The summed E-state index contributed by atoms with van der Waals surface area (Å²) in [4.78, 5) is 2.99. The molecule has 0 fully saturated rings. The van der Waals surface area contributed by atoms with E-state index < -0.39 is 0 Å². The molecule has 4 rings (SSSR count). The fraction of sp³-hybridized carbons (Fsp3) is 0.143. The predicted molar refractivity (Wildman–Crippen MR) is 116 cm³/mol. The van der Waals surface area contributed by atoms with Crippen molar-refractivity contribution in [2.24, 2.45) is 0 Å². The van der Waals surface area contributed by atoms with E-state index in [0.29, 0.717) is 23.1 Å². The SMILES string of the molecule is Clc1ccc(Cn2nc(CNCc3cccs3)c(-c3ccccc3)n2)c(Cl)c1. The molecule has 0 aliphatic carbocycles. The number of hydrogen-bond acceptors (Lipinski definition) is 4. The van der Waals surface area contributed by atoms with Gasteiger partial charge >= 0.3 is 0 Å². The highest BCUT2D eigenvalue weighted by molar-refractivity contribution is 7.09. The summed E-state index contributed by atoms with van der Waals surface area (Å²) in [6, 6.07) is 19.8. The van der Waals surface area contributed by atoms with Crippen LogP contribution in [0.2, 0.25) is 10.0 Å². The molecule has 0 saturated carbocycles. The lowest BCUT2D eigenvalue weighted by Gasteiger charge is -2.04. The summed E-state index contributed by atoms with van der Waals surface area (Å²) in [5.41, 5.74) is 3.76. The molecule has 4 nitrogen and oxygen atoms in total. The topological polar surface area (TPSA) is 42.7 Å². The van der Waals surface area contributed by atoms with Crippen molar-refractivity contribution in [3.05, 3.63) is 92.2 Å². The summed E-state index contributed by atoms with van der Waals surface area (Å²) >= 11 is 14.1. The maximum Gasteiger partial charge on any atom is 0.117 e. The Morgan fingerprint density at radius 3 is 2.54 bits per heavy atom. The average Bonchev–Trinajstić information content (AvgIpc) is 3.35. The maximum atomic E-state index is 6.32. The molecule has 142 valence electrons. The van der Waals surface area contributed by atoms with Crippen molar-refractivity contribution in [1.29, 1.82) is 0 Å². The number of nitrogens with zero attached hydrogens (tertiary/aromatic N) is 3. The Morgan fingerprint density at radius 1 is 0.929 bits per heavy atom. The zero-order valence-corrected chi connectivity index (χ0v) is 17.3. The van der Waals surface area contributed by atoms with Crippen LogP contribution in [0, 0.1) is 0 Å². The van der Waals surface area contributed by atoms with Crippen LogP contribution in [0.3, 0.4) is 0 Å². The van der Waals surface area contributed by atoms with E-state index in [1.54, 1.807) is 22.2 Å². The molecule has 0 saturated heterocycles. The molecule has 0 aliphatic rings. The lowest BCUT2D eigenvalue weighted by Crippen LogP contribution is -2.13. The Labute approximate surface area is 177 Å². The van der Waals surface area contributed by atoms with Crippen LogP contribution in [0.5, 0.6) is 0 Å². The van der Waals surface area contributed by atoms with Crippen molar-refractivity contribution in [2.75, 3.05) is 0 Å². The quantitative estimate of drug-likeness (QED) is 0.413. The Hall–Kier alpha value is -2.18. The van der Waals surface area contributed by atoms with Crippen molar-refractivity contribution < 1.29 is 0 Å². The van der Waals surface area contributed by atoms with Gasteiger partial charge in [-0.1, -0.05) is 65.7 Å². The van der Waals surface area contributed by atoms with Crippen LogP contribution < -0.4 is 5.32 Å². The van der Waals surface area contributed by atoms with Gasteiger partial charge in [0.25, 0.3) is 0 Å². The summed E-state index contributed by atoms with van der Waals surface area (Å²) in [6.45, 7) is 1.93. The van der Waals surface area contributed by atoms with E-state index in [1.165, 1.54) is 4.88 Å². The number of halogens is 2. The minimum absolute atomic E-state index is 0.487. The molecular formula is C21H18Cl2N4S.